The Hall–Kier alpha value is -0.990. The van der Waals surface area contributed by atoms with Gasteiger partial charge in [-0.05, 0) is 12.8 Å². The molecule has 3 nitrogen and oxygen atoms in total. The predicted octanol–water partition coefficient (Wildman–Crippen LogP) is 2.88. The lowest BCUT2D eigenvalue weighted by Crippen LogP contribution is -2.25. The first-order valence-corrected chi connectivity index (χ1v) is 5.45. The number of anilines is 1. The molecule has 0 unspecified atom stereocenters. The molecule has 0 saturated carbocycles. The molecule has 0 aliphatic rings. The third-order valence-corrected chi connectivity index (χ3v) is 2.26. The molecule has 0 aromatic carbocycles. The van der Waals surface area contributed by atoms with Gasteiger partial charge in [0.15, 0.2) is 5.82 Å². The van der Waals surface area contributed by atoms with Crippen LogP contribution in [0.1, 0.15) is 39.5 Å². The van der Waals surface area contributed by atoms with E-state index in [1.54, 1.807) is 6.26 Å². The Morgan fingerprint density at radius 3 is 2.36 bits per heavy atom. The molecule has 0 spiro atoms. The maximum Gasteiger partial charge on any atom is 0.285 e. The summed E-state index contributed by atoms with van der Waals surface area (Å²) in [5.74, 6) is 0.923. The minimum absolute atomic E-state index is 0.923. The summed E-state index contributed by atoms with van der Waals surface area (Å²) >= 11 is 0. The molecule has 0 N–H and O–H groups in total. The van der Waals surface area contributed by atoms with E-state index in [0.29, 0.717) is 0 Å². The Morgan fingerprint density at radius 2 is 1.93 bits per heavy atom. The molecule has 0 saturated heterocycles. The average molecular weight is 195 g/mol. The normalized spacial score (nSPS) is 10.4. The molecule has 0 fully saturated rings. The fourth-order valence-electron chi connectivity index (χ4n) is 1.36. The molecule has 1 aromatic heterocycles. The molecule has 0 amide bonds. The van der Waals surface area contributed by atoms with Crippen molar-refractivity contribution < 1.29 is 4.42 Å². The zero-order valence-corrected chi connectivity index (χ0v) is 9.12. The lowest BCUT2D eigenvalue weighted by Gasteiger charge is -2.20. The number of rotatable bonds is 7. The van der Waals surface area contributed by atoms with Crippen LogP contribution in [0.3, 0.4) is 0 Å². The van der Waals surface area contributed by atoms with Gasteiger partial charge in [-0.1, -0.05) is 26.7 Å². The van der Waals surface area contributed by atoms with Crippen LogP contribution in [0.2, 0.25) is 0 Å². The summed E-state index contributed by atoms with van der Waals surface area (Å²) in [4.78, 5) is 6.33. The van der Waals surface area contributed by atoms with Crippen molar-refractivity contribution in [2.24, 2.45) is 0 Å². The molecule has 1 radical (unpaired) electrons. The second-order valence-electron chi connectivity index (χ2n) is 3.49. The Kier molecular flexibility index (Phi) is 5.12. The zero-order valence-electron chi connectivity index (χ0n) is 9.12. The van der Waals surface area contributed by atoms with Crippen LogP contribution < -0.4 is 4.90 Å². The van der Waals surface area contributed by atoms with Crippen molar-refractivity contribution in [1.82, 2.24) is 4.98 Å². The summed E-state index contributed by atoms with van der Waals surface area (Å²) in [7, 11) is 0. The van der Waals surface area contributed by atoms with Crippen LogP contribution in [0.25, 0.3) is 0 Å². The topological polar surface area (TPSA) is 29.3 Å². The van der Waals surface area contributed by atoms with E-state index in [4.69, 9.17) is 4.42 Å². The molecule has 1 heterocycles. The van der Waals surface area contributed by atoms with E-state index in [9.17, 15) is 0 Å². The SMILES string of the molecule is CCCCN(CCCC)c1co[c]n1. The summed E-state index contributed by atoms with van der Waals surface area (Å²) < 4.78 is 4.88. The van der Waals surface area contributed by atoms with Crippen molar-refractivity contribution in [3.63, 3.8) is 0 Å². The second-order valence-corrected chi connectivity index (χ2v) is 3.49. The van der Waals surface area contributed by atoms with Gasteiger partial charge in [-0.15, -0.1) is 0 Å². The number of hydrogen-bond donors (Lipinski definition) is 0. The molecule has 0 aliphatic heterocycles. The number of unbranched alkanes of at least 4 members (excludes halogenated alkanes) is 2. The fourth-order valence-corrected chi connectivity index (χ4v) is 1.36. The van der Waals surface area contributed by atoms with Crippen LogP contribution >= 0.6 is 0 Å². The minimum Gasteiger partial charge on any atom is -0.439 e. The van der Waals surface area contributed by atoms with Gasteiger partial charge in [0.1, 0.15) is 6.26 Å². The summed E-state index contributed by atoms with van der Waals surface area (Å²) in [6.45, 7) is 6.54. The Balaban J connectivity index is 2.44. The van der Waals surface area contributed by atoms with Crippen molar-refractivity contribution in [1.29, 1.82) is 0 Å². The number of nitrogens with zero attached hydrogens (tertiary/aromatic N) is 2. The number of hydrogen-bond acceptors (Lipinski definition) is 3. The predicted molar refractivity (Wildman–Crippen MR) is 57.4 cm³/mol. The maximum atomic E-state index is 4.88. The quantitative estimate of drug-likeness (QED) is 0.670. The Labute approximate surface area is 86.1 Å². The highest BCUT2D eigenvalue weighted by atomic mass is 16.3. The van der Waals surface area contributed by atoms with Gasteiger partial charge in [-0.2, -0.15) is 4.98 Å². The first-order valence-electron chi connectivity index (χ1n) is 5.45. The molecule has 3 heteroatoms. The van der Waals surface area contributed by atoms with Gasteiger partial charge in [0.2, 0.25) is 0 Å². The number of aromatic nitrogens is 1. The molecule has 1 aromatic rings. The third kappa shape index (κ3) is 3.40. The van der Waals surface area contributed by atoms with E-state index >= 15 is 0 Å². The van der Waals surface area contributed by atoms with Crippen molar-refractivity contribution in [2.75, 3.05) is 18.0 Å². The van der Waals surface area contributed by atoms with Gasteiger partial charge in [-0.25, -0.2) is 0 Å². The highest BCUT2D eigenvalue weighted by molar-refractivity contribution is 5.33. The molecule has 14 heavy (non-hydrogen) atoms. The Bertz CT molecular complexity index is 213. The summed E-state index contributed by atoms with van der Waals surface area (Å²) in [6, 6.07) is 0. The molecular formula is C11H19N2O. The van der Waals surface area contributed by atoms with E-state index < -0.39 is 0 Å². The van der Waals surface area contributed by atoms with Crippen LogP contribution in [-0.4, -0.2) is 18.1 Å². The van der Waals surface area contributed by atoms with Crippen LogP contribution in [-0.2, 0) is 0 Å². The van der Waals surface area contributed by atoms with Gasteiger partial charge < -0.3 is 9.32 Å². The Morgan fingerprint density at radius 1 is 1.29 bits per heavy atom. The highest BCUT2D eigenvalue weighted by Crippen LogP contribution is 2.11. The van der Waals surface area contributed by atoms with Crippen LogP contribution in [0.4, 0.5) is 5.82 Å². The molecule has 79 valence electrons. The highest BCUT2D eigenvalue weighted by Gasteiger charge is 2.07. The van der Waals surface area contributed by atoms with E-state index in [1.807, 2.05) is 0 Å². The standard InChI is InChI=1S/C11H19N2O/c1-3-5-7-13(8-6-4-2)11-9-14-10-12-11/h9H,3-8H2,1-2H3. The van der Waals surface area contributed by atoms with Crippen molar-refractivity contribution in [3.8, 4) is 0 Å². The van der Waals surface area contributed by atoms with E-state index in [2.05, 4.69) is 30.1 Å². The van der Waals surface area contributed by atoms with E-state index in [-0.39, 0.29) is 0 Å². The average Bonchev–Trinajstić information content (AvgIpc) is 2.71. The number of oxazole rings is 1. The lowest BCUT2D eigenvalue weighted by atomic mass is 10.2. The smallest absolute Gasteiger partial charge is 0.285 e. The first kappa shape index (κ1) is 11.1. The van der Waals surface area contributed by atoms with E-state index in [1.165, 1.54) is 25.7 Å². The lowest BCUT2D eigenvalue weighted by molar-refractivity contribution is 0.547. The molecular weight excluding hydrogens is 176 g/mol. The van der Waals surface area contributed by atoms with Crippen molar-refractivity contribution >= 4 is 5.82 Å². The zero-order chi connectivity index (χ0) is 10.2. The van der Waals surface area contributed by atoms with Crippen molar-refractivity contribution in [3.05, 3.63) is 12.7 Å². The van der Waals surface area contributed by atoms with E-state index in [0.717, 1.165) is 18.9 Å². The van der Waals surface area contributed by atoms with Gasteiger partial charge in [-0.3, -0.25) is 0 Å². The van der Waals surface area contributed by atoms with Crippen LogP contribution in [0.15, 0.2) is 10.7 Å². The largest absolute Gasteiger partial charge is 0.439 e. The molecule has 1 rings (SSSR count). The first-order chi connectivity index (χ1) is 6.88. The molecule has 0 aliphatic carbocycles. The molecule has 0 bridgehead atoms. The van der Waals surface area contributed by atoms with Crippen molar-refractivity contribution in [2.45, 2.75) is 39.5 Å². The van der Waals surface area contributed by atoms with Gasteiger partial charge >= 0.3 is 0 Å². The summed E-state index contributed by atoms with van der Waals surface area (Å²) in [5, 5.41) is 0. The van der Waals surface area contributed by atoms with Crippen LogP contribution in [0, 0.1) is 6.39 Å². The van der Waals surface area contributed by atoms with Gasteiger partial charge in [0, 0.05) is 13.1 Å². The monoisotopic (exact) mass is 195 g/mol. The van der Waals surface area contributed by atoms with Crippen LogP contribution in [0.5, 0.6) is 0 Å². The minimum atomic E-state index is 0.923. The fraction of sp³-hybridized carbons (Fsp3) is 0.727. The summed E-state index contributed by atoms with van der Waals surface area (Å²) in [6.07, 6.45) is 9.00. The third-order valence-electron chi connectivity index (χ3n) is 2.26. The summed E-state index contributed by atoms with van der Waals surface area (Å²) in [5.41, 5.74) is 0. The maximum absolute atomic E-state index is 4.88. The second kappa shape index (κ2) is 6.46. The van der Waals surface area contributed by atoms with Gasteiger partial charge in [0.05, 0.1) is 0 Å². The van der Waals surface area contributed by atoms with Gasteiger partial charge in [0.25, 0.3) is 6.39 Å². The molecule has 0 atom stereocenters.